The van der Waals surface area contributed by atoms with E-state index in [1.807, 2.05) is 19.1 Å². The second kappa shape index (κ2) is 9.62. The second-order valence-electron chi connectivity index (χ2n) is 9.00. The van der Waals surface area contributed by atoms with Crippen LogP contribution in [0.4, 0.5) is 11.4 Å². The number of rotatable bonds is 6. The molecule has 0 saturated carbocycles. The molecule has 35 heavy (non-hydrogen) atoms. The van der Waals surface area contributed by atoms with E-state index in [4.69, 9.17) is 4.74 Å². The Hall–Kier alpha value is -3.52. The predicted octanol–water partition coefficient (Wildman–Crippen LogP) is 3.87. The van der Waals surface area contributed by atoms with Crippen molar-refractivity contribution < 1.29 is 17.9 Å². The fraction of sp³-hybridized carbons (Fsp3) is 0.296. The molecule has 7 nitrogen and oxygen atoms in total. The van der Waals surface area contributed by atoms with Gasteiger partial charge in [-0.25, -0.2) is 8.42 Å². The zero-order chi connectivity index (χ0) is 24.4. The van der Waals surface area contributed by atoms with Crippen LogP contribution in [0.25, 0.3) is 0 Å². The first-order valence-corrected chi connectivity index (χ1v) is 13.3. The topological polar surface area (TPSA) is 79.0 Å². The SMILES string of the molecule is Cc1ccc(S(=O)(=O)N2CC(C(=O)NCc3ccc(N4CCCC4)cc3)Oc3ccccc32)cc1. The van der Waals surface area contributed by atoms with Gasteiger partial charge in [-0.2, -0.15) is 0 Å². The average Bonchev–Trinajstić information content (AvgIpc) is 3.42. The van der Waals surface area contributed by atoms with Gasteiger partial charge in [0.1, 0.15) is 5.75 Å². The zero-order valence-corrected chi connectivity index (χ0v) is 20.5. The number of benzene rings is 3. The summed E-state index contributed by atoms with van der Waals surface area (Å²) in [6, 6.07) is 21.8. The van der Waals surface area contributed by atoms with Gasteiger partial charge in [0.15, 0.2) is 6.10 Å². The molecule has 1 saturated heterocycles. The number of amides is 1. The number of fused-ring (bicyclic) bond motifs is 1. The number of hydrogen-bond acceptors (Lipinski definition) is 5. The molecule has 0 bridgehead atoms. The Morgan fingerprint density at radius 3 is 2.37 bits per heavy atom. The van der Waals surface area contributed by atoms with Crippen LogP contribution in [-0.4, -0.2) is 40.1 Å². The van der Waals surface area contributed by atoms with Crippen molar-refractivity contribution in [1.29, 1.82) is 0 Å². The highest BCUT2D eigenvalue weighted by Gasteiger charge is 2.37. The third-order valence-corrected chi connectivity index (χ3v) is 8.30. The van der Waals surface area contributed by atoms with E-state index >= 15 is 0 Å². The Balaban J connectivity index is 1.31. The van der Waals surface area contributed by atoms with Crippen molar-refractivity contribution >= 4 is 27.3 Å². The summed E-state index contributed by atoms with van der Waals surface area (Å²) in [7, 11) is -3.87. The minimum atomic E-state index is -3.87. The van der Waals surface area contributed by atoms with E-state index in [-0.39, 0.29) is 17.3 Å². The van der Waals surface area contributed by atoms with Crippen LogP contribution >= 0.6 is 0 Å². The fourth-order valence-electron chi connectivity index (χ4n) is 4.51. The van der Waals surface area contributed by atoms with Gasteiger partial charge in [0, 0.05) is 25.3 Å². The summed E-state index contributed by atoms with van der Waals surface area (Å²) in [6.07, 6.45) is 1.48. The van der Waals surface area contributed by atoms with Crippen LogP contribution in [0.3, 0.4) is 0 Å². The fourth-order valence-corrected chi connectivity index (χ4v) is 5.98. The molecule has 182 valence electrons. The first-order valence-electron chi connectivity index (χ1n) is 11.9. The van der Waals surface area contributed by atoms with Gasteiger partial charge in [0.2, 0.25) is 0 Å². The van der Waals surface area contributed by atoms with Crippen LogP contribution in [0.1, 0.15) is 24.0 Å². The van der Waals surface area contributed by atoms with Gasteiger partial charge in [-0.3, -0.25) is 9.10 Å². The molecule has 0 radical (unpaired) electrons. The molecule has 8 heteroatoms. The summed E-state index contributed by atoms with van der Waals surface area (Å²) in [6.45, 7) is 4.30. The lowest BCUT2D eigenvalue weighted by atomic mass is 10.2. The lowest BCUT2D eigenvalue weighted by Gasteiger charge is -2.34. The molecule has 1 amide bonds. The molecule has 1 fully saturated rings. The van der Waals surface area contributed by atoms with Crippen LogP contribution in [0.15, 0.2) is 77.7 Å². The van der Waals surface area contributed by atoms with Gasteiger partial charge in [-0.1, -0.05) is 42.0 Å². The molecule has 5 rings (SSSR count). The lowest BCUT2D eigenvalue weighted by Crippen LogP contribution is -2.50. The molecule has 1 unspecified atom stereocenters. The summed E-state index contributed by atoms with van der Waals surface area (Å²) in [5.41, 5.74) is 3.56. The van der Waals surface area contributed by atoms with Crippen LogP contribution in [0, 0.1) is 6.92 Å². The quantitative estimate of drug-likeness (QED) is 0.566. The maximum atomic E-state index is 13.5. The number of aryl methyl sites for hydroxylation is 1. The van der Waals surface area contributed by atoms with Crippen LogP contribution in [0.5, 0.6) is 5.75 Å². The van der Waals surface area contributed by atoms with Crippen molar-refractivity contribution in [3.63, 3.8) is 0 Å². The number of ether oxygens (including phenoxy) is 1. The van der Waals surface area contributed by atoms with Crippen molar-refractivity contribution in [3.05, 3.63) is 83.9 Å². The molecule has 1 atom stereocenters. The normalized spacial score (nSPS) is 17.6. The summed E-state index contributed by atoms with van der Waals surface area (Å²) < 4.78 is 34.2. The van der Waals surface area contributed by atoms with Gasteiger partial charge in [0.05, 0.1) is 17.1 Å². The van der Waals surface area contributed by atoms with Crippen molar-refractivity contribution in [2.45, 2.75) is 37.3 Å². The first-order chi connectivity index (χ1) is 16.9. The molecule has 3 aromatic rings. The number of anilines is 2. The Morgan fingerprint density at radius 1 is 0.971 bits per heavy atom. The van der Waals surface area contributed by atoms with E-state index in [0.29, 0.717) is 18.0 Å². The first kappa shape index (κ1) is 23.2. The summed E-state index contributed by atoms with van der Waals surface area (Å²) in [5.74, 6) is 0.0109. The smallest absolute Gasteiger partial charge is 0.264 e. The second-order valence-corrected chi connectivity index (χ2v) is 10.9. The predicted molar refractivity (Wildman–Crippen MR) is 136 cm³/mol. The van der Waals surface area contributed by atoms with E-state index < -0.39 is 16.1 Å². The molecule has 1 N–H and O–H groups in total. The van der Waals surface area contributed by atoms with E-state index in [1.54, 1.807) is 48.5 Å². The van der Waals surface area contributed by atoms with Gasteiger partial charge in [0.25, 0.3) is 15.9 Å². The Morgan fingerprint density at radius 2 is 1.66 bits per heavy atom. The number of carbonyl (C=O) groups is 1. The monoisotopic (exact) mass is 491 g/mol. The number of nitrogens with zero attached hydrogens (tertiary/aromatic N) is 2. The number of hydrogen-bond donors (Lipinski definition) is 1. The van der Waals surface area contributed by atoms with Gasteiger partial charge >= 0.3 is 0 Å². The Kier molecular flexibility index (Phi) is 6.38. The lowest BCUT2D eigenvalue weighted by molar-refractivity contribution is -0.127. The van der Waals surface area contributed by atoms with Crippen LogP contribution in [0.2, 0.25) is 0 Å². The molecule has 2 aliphatic heterocycles. The highest BCUT2D eigenvalue weighted by Crippen LogP contribution is 2.36. The van der Waals surface area contributed by atoms with E-state index in [1.165, 1.54) is 22.8 Å². The van der Waals surface area contributed by atoms with Crippen molar-refractivity contribution in [2.24, 2.45) is 0 Å². The third-order valence-electron chi connectivity index (χ3n) is 6.51. The minimum Gasteiger partial charge on any atom is -0.476 e. The highest BCUT2D eigenvalue weighted by atomic mass is 32.2. The summed E-state index contributed by atoms with van der Waals surface area (Å²) in [4.78, 5) is 15.6. The zero-order valence-electron chi connectivity index (χ0n) is 19.7. The number of nitrogens with one attached hydrogen (secondary N) is 1. The highest BCUT2D eigenvalue weighted by molar-refractivity contribution is 7.92. The third kappa shape index (κ3) is 4.84. The Bertz CT molecular complexity index is 1300. The minimum absolute atomic E-state index is 0.104. The van der Waals surface area contributed by atoms with Crippen LogP contribution < -0.4 is 19.3 Å². The maximum Gasteiger partial charge on any atom is 0.264 e. The maximum absolute atomic E-state index is 13.5. The molecular weight excluding hydrogens is 462 g/mol. The van der Waals surface area contributed by atoms with Gasteiger partial charge in [-0.05, 0) is 61.7 Å². The largest absolute Gasteiger partial charge is 0.476 e. The molecule has 2 aliphatic rings. The molecule has 0 aliphatic carbocycles. The number of carbonyl (C=O) groups excluding carboxylic acids is 1. The van der Waals surface area contributed by atoms with Crippen molar-refractivity contribution in [3.8, 4) is 5.75 Å². The van der Waals surface area contributed by atoms with Crippen molar-refractivity contribution in [1.82, 2.24) is 5.32 Å². The standard InChI is InChI=1S/C27H29N3O4S/c1-20-8-14-23(15-9-20)35(32,33)30-19-26(34-25-7-3-2-6-24(25)30)27(31)28-18-21-10-12-22(13-11-21)29-16-4-5-17-29/h2-3,6-15,26H,4-5,16-19H2,1H3,(H,28,31). The molecular formula is C27H29N3O4S. The summed E-state index contributed by atoms with van der Waals surface area (Å²) in [5, 5.41) is 2.91. The van der Waals surface area contributed by atoms with Gasteiger partial charge in [-0.15, -0.1) is 0 Å². The average molecular weight is 492 g/mol. The van der Waals surface area contributed by atoms with Gasteiger partial charge < -0.3 is 15.0 Å². The van der Waals surface area contributed by atoms with Crippen LogP contribution in [-0.2, 0) is 21.4 Å². The Labute approximate surface area is 206 Å². The summed E-state index contributed by atoms with van der Waals surface area (Å²) >= 11 is 0. The number of sulfonamides is 1. The van der Waals surface area contributed by atoms with E-state index in [0.717, 1.165) is 24.2 Å². The number of para-hydroxylation sites is 2. The molecule has 3 aromatic carbocycles. The van der Waals surface area contributed by atoms with Crippen molar-refractivity contribution in [2.75, 3.05) is 28.8 Å². The van der Waals surface area contributed by atoms with E-state index in [2.05, 4.69) is 22.3 Å². The molecule has 0 spiro atoms. The molecule has 2 heterocycles. The van der Waals surface area contributed by atoms with E-state index in [9.17, 15) is 13.2 Å². The molecule has 0 aromatic heterocycles.